The topological polar surface area (TPSA) is 38.3 Å². The summed E-state index contributed by atoms with van der Waals surface area (Å²) in [6, 6.07) is 2.78. The molecule has 5 heteroatoms. The Balaban J connectivity index is 3.32. The summed E-state index contributed by atoms with van der Waals surface area (Å²) >= 11 is 3.10. The van der Waals surface area contributed by atoms with E-state index in [2.05, 4.69) is 26.0 Å². The summed E-state index contributed by atoms with van der Waals surface area (Å²) in [4.78, 5) is 11.2. The van der Waals surface area contributed by atoms with Crippen LogP contribution in [0.5, 0.6) is 0 Å². The molecule has 0 aliphatic rings. The van der Waals surface area contributed by atoms with Crippen molar-refractivity contribution in [3.63, 3.8) is 0 Å². The highest BCUT2D eigenvalue weighted by Crippen LogP contribution is 2.25. The number of benzene rings is 1. The molecule has 14 heavy (non-hydrogen) atoms. The summed E-state index contributed by atoms with van der Waals surface area (Å²) in [5.41, 5.74) is 0.307. The third kappa shape index (κ3) is 2.04. The van der Waals surface area contributed by atoms with E-state index in [-0.39, 0.29) is 11.3 Å². The van der Waals surface area contributed by atoms with Crippen LogP contribution in [-0.4, -0.2) is 20.1 Å². The van der Waals surface area contributed by atoms with Gasteiger partial charge in [-0.1, -0.05) is 15.9 Å². The van der Waals surface area contributed by atoms with E-state index in [1.165, 1.54) is 19.2 Å². The number of hydrogen-bond donors (Lipinski definition) is 1. The van der Waals surface area contributed by atoms with Gasteiger partial charge in [0.05, 0.1) is 18.4 Å². The summed E-state index contributed by atoms with van der Waals surface area (Å²) in [5, 5.41) is 2.61. The number of hydrogen-bond acceptors (Lipinski definition) is 3. The minimum atomic E-state index is -0.574. The molecular formula is C9H9BrFNO2. The molecule has 0 unspecified atom stereocenters. The van der Waals surface area contributed by atoms with Crippen LogP contribution in [0.4, 0.5) is 10.1 Å². The zero-order valence-corrected chi connectivity index (χ0v) is 9.31. The quantitative estimate of drug-likeness (QED) is 0.832. The maximum absolute atomic E-state index is 13.3. The van der Waals surface area contributed by atoms with Crippen LogP contribution in [0.3, 0.4) is 0 Å². The van der Waals surface area contributed by atoms with Crippen molar-refractivity contribution in [2.75, 3.05) is 19.5 Å². The van der Waals surface area contributed by atoms with Crippen LogP contribution in [-0.2, 0) is 4.74 Å². The molecule has 0 heterocycles. The first-order valence-corrected chi connectivity index (χ1v) is 4.64. The Hall–Kier alpha value is -1.10. The number of anilines is 1. The third-order valence-electron chi connectivity index (χ3n) is 1.71. The molecule has 0 atom stereocenters. The van der Waals surface area contributed by atoms with Gasteiger partial charge in [0.25, 0.3) is 0 Å². The molecule has 0 amide bonds. The van der Waals surface area contributed by atoms with Gasteiger partial charge in [-0.3, -0.25) is 0 Å². The average Bonchev–Trinajstić information content (AvgIpc) is 2.15. The first-order valence-electron chi connectivity index (χ1n) is 3.85. The second-order valence-corrected chi connectivity index (χ2v) is 3.47. The minimum Gasteiger partial charge on any atom is -0.465 e. The number of carbonyl (C=O) groups excluding carboxylic acids is 1. The standard InChI is InChI=1S/C9H9BrFNO2/c1-12-8-6(9(13)14-2)3-5(10)4-7(8)11/h3-4,12H,1-2H3. The lowest BCUT2D eigenvalue weighted by Crippen LogP contribution is -2.07. The molecule has 0 radical (unpaired) electrons. The first kappa shape index (κ1) is 11.0. The maximum atomic E-state index is 13.3. The van der Waals surface area contributed by atoms with Gasteiger partial charge in [-0.2, -0.15) is 0 Å². The summed E-state index contributed by atoms with van der Waals surface area (Å²) in [6.07, 6.45) is 0. The number of halogens is 2. The van der Waals surface area contributed by atoms with Gasteiger partial charge in [0, 0.05) is 11.5 Å². The third-order valence-corrected chi connectivity index (χ3v) is 2.17. The van der Waals surface area contributed by atoms with Gasteiger partial charge < -0.3 is 10.1 Å². The van der Waals surface area contributed by atoms with Gasteiger partial charge in [0.15, 0.2) is 0 Å². The highest BCUT2D eigenvalue weighted by Gasteiger charge is 2.15. The van der Waals surface area contributed by atoms with Crippen LogP contribution >= 0.6 is 15.9 Å². The van der Waals surface area contributed by atoms with Crippen LogP contribution < -0.4 is 5.32 Å². The zero-order chi connectivity index (χ0) is 10.7. The molecule has 0 bridgehead atoms. The van der Waals surface area contributed by atoms with Gasteiger partial charge in [-0.05, 0) is 12.1 Å². The zero-order valence-electron chi connectivity index (χ0n) is 7.73. The van der Waals surface area contributed by atoms with Crippen molar-refractivity contribution >= 4 is 27.6 Å². The summed E-state index contributed by atoms with van der Waals surface area (Å²) in [6.45, 7) is 0. The fraction of sp³-hybridized carbons (Fsp3) is 0.222. The summed E-state index contributed by atoms with van der Waals surface area (Å²) < 4.78 is 18.3. The highest BCUT2D eigenvalue weighted by atomic mass is 79.9. The Kier molecular flexibility index (Phi) is 3.46. The summed E-state index contributed by atoms with van der Waals surface area (Å²) in [7, 11) is 2.79. The lowest BCUT2D eigenvalue weighted by molar-refractivity contribution is 0.0601. The van der Waals surface area contributed by atoms with Crippen LogP contribution in [0, 0.1) is 5.82 Å². The molecule has 0 aliphatic carbocycles. The van der Waals surface area contributed by atoms with E-state index in [1.54, 1.807) is 7.05 Å². The molecule has 0 fully saturated rings. The molecular weight excluding hydrogens is 253 g/mol. The van der Waals surface area contributed by atoms with E-state index >= 15 is 0 Å². The molecule has 0 saturated heterocycles. The van der Waals surface area contributed by atoms with Gasteiger partial charge in [0.1, 0.15) is 5.82 Å². The Morgan fingerprint density at radius 2 is 2.21 bits per heavy atom. The number of methoxy groups -OCH3 is 1. The van der Waals surface area contributed by atoms with Crippen molar-refractivity contribution in [1.82, 2.24) is 0 Å². The van der Waals surface area contributed by atoms with Crippen molar-refractivity contribution in [3.8, 4) is 0 Å². The van der Waals surface area contributed by atoms with E-state index < -0.39 is 11.8 Å². The fourth-order valence-corrected chi connectivity index (χ4v) is 1.53. The predicted molar refractivity (Wildman–Crippen MR) is 55.0 cm³/mol. The minimum absolute atomic E-state index is 0.139. The van der Waals surface area contributed by atoms with Crippen LogP contribution in [0.25, 0.3) is 0 Å². The normalized spacial score (nSPS) is 9.71. The Bertz CT molecular complexity index is 368. The van der Waals surface area contributed by atoms with Crippen molar-refractivity contribution in [2.45, 2.75) is 0 Å². The lowest BCUT2D eigenvalue weighted by atomic mass is 10.1. The largest absolute Gasteiger partial charge is 0.465 e. The lowest BCUT2D eigenvalue weighted by Gasteiger charge is -2.08. The Morgan fingerprint density at radius 1 is 1.57 bits per heavy atom. The van der Waals surface area contributed by atoms with Gasteiger partial charge >= 0.3 is 5.97 Å². The van der Waals surface area contributed by atoms with Crippen molar-refractivity contribution in [2.24, 2.45) is 0 Å². The molecule has 0 saturated carbocycles. The number of ether oxygens (including phenoxy) is 1. The monoisotopic (exact) mass is 261 g/mol. The number of rotatable bonds is 2. The van der Waals surface area contributed by atoms with Crippen LogP contribution in [0.2, 0.25) is 0 Å². The van der Waals surface area contributed by atoms with E-state index in [0.717, 1.165) is 0 Å². The van der Waals surface area contributed by atoms with Gasteiger partial charge in [-0.25, -0.2) is 9.18 Å². The van der Waals surface area contributed by atoms with Gasteiger partial charge in [0.2, 0.25) is 0 Å². The SMILES string of the molecule is CNc1c(F)cc(Br)cc1C(=O)OC. The highest BCUT2D eigenvalue weighted by molar-refractivity contribution is 9.10. The Labute approximate surface area is 89.4 Å². The fourth-order valence-electron chi connectivity index (χ4n) is 1.10. The van der Waals surface area contributed by atoms with Crippen molar-refractivity contribution in [1.29, 1.82) is 0 Å². The van der Waals surface area contributed by atoms with Gasteiger partial charge in [-0.15, -0.1) is 0 Å². The number of esters is 1. The molecule has 1 rings (SSSR count). The number of carbonyl (C=O) groups is 1. The van der Waals surface area contributed by atoms with E-state index in [4.69, 9.17) is 0 Å². The van der Waals surface area contributed by atoms with Crippen LogP contribution in [0.1, 0.15) is 10.4 Å². The Morgan fingerprint density at radius 3 is 2.71 bits per heavy atom. The summed E-state index contributed by atoms with van der Waals surface area (Å²) in [5.74, 6) is -1.07. The van der Waals surface area contributed by atoms with E-state index in [0.29, 0.717) is 4.47 Å². The molecule has 1 aromatic carbocycles. The molecule has 76 valence electrons. The average molecular weight is 262 g/mol. The van der Waals surface area contributed by atoms with E-state index in [9.17, 15) is 9.18 Å². The molecule has 0 spiro atoms. The predicted octanol–water partition coefficient (Wildman–Crippen LogP) is 2.42. The molecule has 1 aromatic rings. The van der Waals surface area contributed by atoms with Crippen molar-refractivity contribution < 1.29 is 13.9 Å². The smallest absolute Gasteiger partial charge is 0.340 e. The molecule has 0 aliphatic heterocycles. The first-order chi connectivity index (χ1) is 6.60. The second kappa shape index (κ2) is 4.41. The maximum Gasteiger partial charge on any atom is 0.340 e. The van der Waals surface area contributed by atoms with E-state index in [1.807, 2.05) is 0 Å². The molecule has 3 nitrogen and oxygen atoms in total. The van der Waals surface area contributed by atoms with Crippen molar-refractivity contribution in [3.05, 3.63) is 28.0 Å². The molecule has 1 N–H and O–H groups in total. The number of nitrogens with one attached hydrogen (secondary N) is 1. The van der Waals surface area contributed by atoms with Crippen LogP contribution in [0.15, 0.2) is 16.6 Å². The molecule has 0 aromatic heterocycles. The second-order valence-electron chi connectivity index (χ2n) is 2.55.